The highest BCUT2D eigenvalue weighted by molar-refractivity contribution is 7.99. The Kier molecular flexibility index (Phi) is 4.83. The highest BCUT2D eigenvalue weighted by Crippen LogP contribution is 2.30. The van der Waals surface area contributed by atoms with Crippen molar-refractivity contribution in [2.24, 2.45) is 0 Å². The molecule has 3 nitrogen and oxygen atoms in total. The van der Waals surface area contributed by atoms with Gasteiger partial charge in [0.2, 0.25) is 0 Å². The van der Waals surface area contributed by atoms with E-state index in [1.807, 2.05) is 54.6 Å². The van der Waals surface area contributed by atoms with Crippen LogP contribution in [0.1, 0.15) is 5.56 Å². The van der Waals surface area contributed by atoms with Gasteiger partial charge in [-0.3, -0.25) is 4.79 Å². The highest BCUT2D eigenvalue weighted by atomic mass is 32.2. The largest absolute Gasteiger partial charge is 0.481 e. The fourth-order valence-corrected chi connectivity index (χ4v) is 3.06. The van der Waals surface area contributed by atoms with Crippen molar-refractivity contribution >= 4 is 28.5 Å². The summed E-state index contributed by atoms with van der Waals surface area (Å²) in [6.07, 6.45) is 0. The third-order valence-electron chi connectivity index (χ3n) is 3.40. The number of benzene rings is 3. The van der Waals surface area contributed by atoms with E-state index in [2.05, 4.69) is 12.1 Å². The van der Waals surface area contributed by atoms with Gasteiger partial charge < -0.3 is 9.84 Å². The van der Waals surface area contributed by atoms with Crippen LogP contribution in [-0.2, 0) is 10.5 Å². The molecular weight excluding hydrogens is 308 g/mol. The number of carboxylic acid groups (broad SMARTS) is 1. The lowest BCUT2D eigenvalue weighted by Gasteiger charge is -2.11. The summed E-state index contributed by atoms with van der Waals surface area (Å²) >= 11 is 1.36. The van der Waals surface area contributed by atoms with Crippen LogP contribution in [0.5, 0.6) is 11.5 Å². The first kappa shape index (κ1) is 15.4. The molecule has 0 aliphatic heterocycles. The van der Waals surface area contributed by atoms with E-state index >= 15 is 0 Å². The zero-order valence-electron chi connectivity index (χ0n) is 12.4. The van der Waals surface area contributed by atoms with Crippen LogP contribution in [0.25, 0.3) is 10.8 Å². The summed E-state index contributed by atoms with van der Waals surface area (Å²) in [5, 5.41) is 11.0. The van der Waals surface area contributed by atoms with Crippen molar-refractivity contribution in [1.29, 1.82) is 0 Å². The van der Waals surface area contributed by atoms with Crippen LogP contribution < -0.4 is 4.74 Å². The third kappa shape index (κ3) is 4.05. The summed E-state index contributed by atoms with van der Waals surface area (Å²) in [7, 11) is 0. The number of hydrogen-bond acceptors (Lipinski definition) is 3. The Morgan fingerprint density at radius 2 is 1.70 bits per heavy atom. The van der Waals surface area contributed by atoms with Gasteiger partial charge in [0, 0.05) is 11.3 Å². The van der Waals surface area contributed by atoms with Gasteiger partial charge in [-0.05, 0) is 29.0 Å². The van der Waals surface area contributed by atoms with E-state index in [9.17, 15) is 4.79 Å². The number of carboxylic acids is 1. The SMILES string of the molecule is O=C(O)CSCc1ccccc1Oc1ccc2ccccc2c1. The van der Waals surface area contributed by atoms with Crippen LogP contribution in [0.3, 0.4) is 0 Å². The molecule has 23 heavy (non-hydrogen) atoms. The maximum atomic E-state index is 10.6. The number of ether oxygens (including phenoxy) is 1. The van der Waals surface area contributed by atoms with Crippen LogP contribution in [-0.4, -0.2) is 16.8 Å². The molecule has 0 fully saturated rings. The summed E-state index contributed by atoms with van der Waals surface area (Å²) in [5.41, 5.74) is 0.993. The number of thioether (sulfide) groups is 1. The molecule has 3 aromatic rings. The number of fused-ring (bicyclic) bond motifs is 1. The molecule has 0 aliphatic rings. The highest BCUT2D eigenvalue weighted by Gasteiger charge is 2.06. The monoisotopic (exact) mass is 324 g/mol. The molecule has 3 aromatic carbocycles. The lowest BCUT2D eigenvalue weighted by atomic mass is 10.1. The van der Waals surface area contributed by atoms with Gasteiger partial charge in [-0.25, -0.2) is 0 Å². The number of rotatable bonds is 6. The molecule has 3 rings (SSSR count). The molecule has 0 saturated carbocycles. The van der Waals surface area contributed by atoms with Crippen LogP contribution in [0.2, 0.25) is 0 Å². The Bertz CT molecular complexity index is 829. The van der Waals surface area contributed by atoms with Gasteiger partial charge in [0.15, 0.2) is 0 Å². The number of hydrogen-bond donors (Lipinski definition) is 1. The van der Waals surface area contributed by atoms with E-state index in [1.165, 1.54) is 17.1 Å². The second-order valence-electron chi connectivity index (χ2n) is 5.11. The van der Waals surface area contributed by atoms with Crippen LogP contribution in [0.15, 0.2) is 66.7 Å². The predicted molar refractivity (Wildman–Crippen MR) is 94.3 cm³/mol. The molecule has 116 valence electrons. The first-order valence-corrected chi connectivity index (χ1v) is 8.42. The van der Waals surface area contributed by atoms with Crippen LogP contribution in [0, 0.1) is 0 Å². The topological polar surface area (TPSA) is 46.5 Å². The maximum absolute atomic E-state index is 10.6. The fraction of sp³-hybridized carbons (Fsp3) is 0.105. The van der Waals surface area contributed by atoms with Crippen LogP contribution in [0.4, 0.5) is 0 Å². The minimum atomic E-state index is -0.803. The van der Waals surface area contributed by atoms with Crippen molar-refractivity contribution in [2.75, 3.05) is 5.75 Å². The van der Waals surface area contributed by atoms with Crippen molar-refractivity contribution in [1.82, 2.24) is 0 Å². The lowest BCUT2D eigenvalue weighted by molar-refractivity contribution is -0.133. The molecule has 0 amide bonds. The van der Waals surface area contributed by atoms with Crippen molar-refractivity contribution in [3.05, 3.63) is 72.3 Å². The molecule has 0 saturated heterocycles. The Balaban J connectivity index is 1.79. The molecule has 0 unspecified atom stereocenters. The van der Waals surface area contributed by atoms with E-state index < -0.39 is 5.97 Å². The average molecular weight is 324 g/mol. The molecule has 0 bridgehead atoms. The van der Waals surface area contributed by atoms with Crippen molar-refractivity contribution in [3.8, 4) is 11.5 Å². The maximum Gasteiger partial charge on any atom is 0.313 e. The minimum absolute atomic E-state index is 0.0876. The van der Waals surface area contributed by atoms with Crippen molar-refractivity contribution < 1.29 is 14.6 Å². The summed E-state index contributed by atoms with van der Waals surface area (Å²) in [6.45, 7) is 0. The van der Waals surface area contributed by atoms with Crippen LogP contribution >= 0.6 is 11.8 Å². The van der Waals surface area contributed by atoms with Gasteiger partial charge in [0.05, 0.1) is 5.75 Å². The average Bonchev–Trinajstić information content (AvgIpc) is 2.56. The summed E-state index contributed by atoms with van der Waals surface area (Å²) < 4.78 is 6.01. The van der Waals surface area contributed by atoms with Gasteiger partial charge in [0.25, 0.3) is 0 Å². The summed E-state index contributed by atoms with van der Waals surface area (Å²) in [5.74, 6) is 1.43. The van der Waals surface area contributed by atoms with Crippen molar-refractivity contribution in [3.63, 3.8) is 0 Å². The molecule has 0 aliphatic carbocycles. The fourth-order valence-electron chi connectivity index (χ4n) is 2.33. The van der Waals surface area contributed by atoms with Gasteiger partial charge in [-0.15, -0.1) is 11.8 Å². The van der Waals surface area contributed by atoms with Crippen molar-refractivity contribution in [2.45, 2.75) is 5.75 Å². The minimum Gasteiger partial charge on any atom is -0.481 e. The van der Waals surface area contributed by atoms with Gasteiger partial charge in [0.1, 0.15) is 11.5 Å². The number of aliphatic carboxylic acids is 1. The zero-order valence-corrected chi connectivity index (χ0v) is 13.3. The first-order chi connectivity index (χ1) is 11.2. The van der Waals surface area contributed by atoms with Gasteiger partial charge in [-0.2, -0.15) is 0 Å². The zero-order chi connectivity index (χ0) is 16.1. The van der Waals surface area contributed by atoms with Gasteiger partial charge in [-0.1, -0.05) is 48.5 Å². The molecule has 0 aromatic heterocycles. The number of para-hydroxylation sites is 1. The molecule has 0 heterocycles. The first-order valence-electron chi connectivity index (χ1n) is 7.26. The summed E-state index contributed by atoms with van der Waals surface area (Å²) in [6, 6.07) is 21.8. The predicted octanol–water partition coefficient (Wildman–Crippen LogP) is 4.95. The molecule has 0 atom stereocenters. The molecule has 4 heteroatoms. The quantitative estimate of drug-likeness (QED) is 0.697. The van der Waals surface area contributed by atoms with E-state index in [1.54, 1.807) is 0 Å². The Labute approximate surface area is 138 Å². The third-order valence-corrected chi connectivity index (χ3v) is 4.37. The molecule has 1 N–H and O–H groups in total. The molecule has 0 spiro atoms. The lowest BCUT2D eigenvalue weighted by Crippen LogP contribution is -1.98. The second-order valence-corrected chi connectivity index (χ2v) is 6.09. The second kappa shape index (κ2) is 7.20. The number of carbonyl (C=O) groups is 1. The Morgan fingerprint density at radius 3 is 2.52 bits per heavy atom. The van der Waals surface area contributed by atoms with E-state index in [0.717, 1.165) is 22.4 Å². The normalized spacial score (nSPS) is 10.6. The molecule has 0 radical (unpaired) electrons. The van der Waals surface area contributed by atoms with E-state index in [4.69, 9.17) is 9.84 Å². The van der Waals surface area contributed by atoms with E-state index in [-0.39, 0.29) is 5.75 Å². The smallest absolute Gasteiger partial charge is 0.313 e. The molecular formula is C19H16O3S. The Morgan fingerprint density at radius 1 is 0.957 bits per heavy atom. The van der Waals surface area contributed by atoms with Gasteiger partial charge >= 0.3 is 5.97 Å². The van der Waals surface area contributed by atoms with E-state index in [0.29, 0.717) is 5.75 Å². The Hall–Kier alpha value is -2.46. The standard InChI is InChI=1S/C19H16O3S/c20-19(21)13-23-12-16-7-3-4-8-18(16)22-17-10-9-14-5-1-2-6-15(14)11-17/h1-11H,12-13H2,(H,20,21). The summed E-state index contributed by atoms with van der Waals surface area (Å²) in [4.78, 5) is 10.6.